The maximum Gasteiger partial charge on any atom is 0.147 e. The molecule has 0 N–H and O–H groups in total. The van der Waals surface area contributed by atoms with Crippen molar-refractivity contribution in [1.82, 2.24) is 0 Å². The van der Waals surface area contributed by atoms with Gasteiger partial charge in [-0.3, -0.25) is 0 Å². The lowest BCUT2D eigenvalue weighted by Gasteiger charge is -2.37. The molecular formula is C13H26O2S. The lowest BCUT2D eigenvalue weighted by Crippen LogP contribution is -2.26. The Morgan fingerprint density at radius 2 is 1.56 bits per heavy atom. The predicted molar refractivity (Wildman–Crippen MR) is 69.2 cm³/mol. The summed E-state index contributed by atoms with van der Waals surface area (Å²) in [6.07, 6.45) is 7.20. The molecule has 0 aliphatic heterocycles. The molecule has 1 rings (SSSR count). The summed E-state index contributed by atoms with van der Waals surface area (Å²) in [7, 11) is -2.77. The third-order valence-electron chi connectivity index (χ3n) is 3.97. The largest absolute Gasteiger partial charge is 0.229 e. The molecule has 0 aromatic carbocycles. The summed E-state index contributed by atoms with van der Waals surface area (Å²) in [6.45, 7) is 6.94. The summed E-state index contributed by atoms with van der Waals surface area (Å²) in [4.78, 5) is 0. The van der Waals surface area contributed by atoms with Crippen LogP contribution in [0.25, 0.3) is 0 Å². The Morgan fingerprint density at radius 3 is 1.94 bits per heavy atom. The first-order valence-electron chi connectivity index (χ1n) is 6.36. The van der Waals surface area contributed by atoms with Gasteiger partial charge < -0.3 is 0 Å². The van der Waals surface area contributed by atoms with E-state index in [2.05, 4.69) is 20.8 Å². The van der Waals surface area contributed by atoms with E-state index < -0.39 is 9.84 Å². The van der Waals surface area contributed by atoms with Crippen LogP contribution in [-0.4, -0.2) is 20.4 Å². The highest BCUT2D eigenvalue weighted by Crippen LogP contribution is 2.40. The van der Waals surface area contributed by atoms with Gasteiger partial charge in [0.05, 0.1) is 5.75 Å². The zero-order chi connectivity index (χ0) is 12.4. The highest BCUT2D eigenvalue weighted by Gasteiger charge is 2.29. The van der Waals surface area contributed by atoms with Crippen LogP contribution in [0.3, 0.4) is 0 Å². The Balaban J connectivity index is 2.33. The average molecular weight is 246 g/mol. The first-order valence-corrected chi connectivity index (χ1v) is 8.42. The van der Waals surface area contributed by atoms with Crippen LogP contribution in [0.1, 0.15) is 52.9 Å². The monoisotopic (exact) mass is 246 g/mol. The second-order valence-corrected chi connectivity index (χ2v) is 8.76. The van der Waals surface area contributed by atoms with Crippen LogP contribution in [0, 0.1) is 17.3 Å². The van der Waals surface area contributed by atoms with Gasteiger partial charge in [0.2, 0.25) is 0 Å². The van der Waals surface area contributed by atoms with E-state index >= 15 is 0 Å². The number of hydrogen-bond acceptors (Lipinski definition) is 2. The van der Waals surface area contributed by atoms with E-state index in [0.29, 0.717) is 17.1 Å². The molecule has 0 radical (unpaired) electrons. The third kappa shape index (κ3) is 4.86. The first-order chi connectivity index (χ1) is 7.18. The van der Waals surface area contributed by atoms with Gasteiger partial charge in [0.15, 0.2) is 0 Å². The predicted octanol–water partition coefficient (Wildman–Crippen LogP) is 3.27. The zero-order valence-corrected chi connectivity index (χ0v) is 11.9. The van der Waals surface area contributed by atoms with Crippen molar-refractivity contribution in [2.24, 2.45) is 17.3 Å². The van der Waals surface area contributed by atoms with Gasteiger partial charge in [-0.1, -0.05) is 33.6 Å². The molecule has 0 bridgehead atoms. The van der Waals surface area contributed by atoms with Crippen LogP contribution < -0.4 is 0 Å². The molecule has 1 aliphatic rings. The molecule has 1 fully saturated rings. The fraction of sp³-hybridized carbons (Fsp3) is 1.00. The van der Waals surface area contributed by atoms with Gasteiger partial charge in [0, 0.05) is 6.26 Å². The Hall–Kier alpha value is -0.0500. The van der Waals surface area contributed by atoms with E-state index in [1.165, 1.54) is 31.9 Å². The van der Waals surface area contributed by atoms with Crippen molar-refractivity contribution >= 4 is 9.84 Å². The summed E-state index contributed by atoms with van der Waals surface area (Å²) in [6, 6.07) is 0. The summed E-state index contributed by atoms with van der Waals surface area (Å²) in [5.41, 5.74) is 0.418. The molecule has 0 unspecified atom stereocenters. The quantitative estimate of drug-likeness (QED) is 0.766. The van der Waals surface area contributed by atoms with Crippen molar-refractivity contribution in [3.63, 3.8) is 0 Å². The number of sulfone groups is 1. The van der Waals surface area contributed by atoms with Crippen molar-refractivity contribution in [3.05, 3.63) is 0 Å². The van der Waals surface area contributed by atoms with Gasteiger partial charge in [-0.2, -0.15) is 0 Å². The van der Waals surface area contributed by atoms with Crippen LogP contribution >= 0.6 is 0 Å². The van der Waals surface area contributed by atoms with Crippen molar-refractivity contribution in [2.75, 3.05) is 12.0 Å². The topological polar surface area (TPSA) is 34.1 Å². The van der Waals surface area contributed by atoms with Crippen LogP contribution in [0.5, 0.6) is 0 Å². The molecule has 0 amide bonds. The van der Waals surface area contributed by atoms with Crippen LogP contribution in [-0.2, 0) is 9.84 Å². The van der Waals surface area contributed by atoms with Gasteiger partial charge >= 0.3 is 0 Å². The number of rotatable bonds is 3. The minimum atomic E-state index is -2.77. The maximum absolute atomic E-state index is 11.1. The Labute approximate surface area is 101 Å². The molecule has 0 saturated heterocycles. The van der Waals surface area contributed by atoms with Gasteiger partial charge in [-0.25, -0.2) is 8.42 Å². The minimum absolute atomic E-state index is 0.373. The van der Waals surface area contributed by atoms with Gasteiger partial charge in [-0.05, 0) is 36.5 Å². The van der Waals surface area contributed by atoms with E-state index in [1.54, 1.807) is 0 Å². The fourth-order valence-electron chi connectivity index (χ4n) is 2.70. The molecule has 1 saturated carbocycles. The average Bonchev–Trinajstić information content (AvgIpc) is 2.13. The SMILES string of the molecule is CC(C)(C)C1CCC(CCS(C)(=O)=O)CC1. The summed E-state index contributed by atoms with van der Waals surface area (Å²) >= 11 is 0. The first kappa shape index (κ1) is 14.0. The zero-order valence-electron chi connectivity index (χ0n) is 11.1. The lowest BCUT2D eigenvalue weighted by atomic mass is 9.69. The van der Waals surface area contributed by atoms with Crippen molar-refractivity contribution < 1.29 is 8.42 Å². The van der Waals surface area contributed by atoms with Crippen LogP contribution in [0.15, 0.2) is 0 Å². The Kier molecular flexibility index (Phi) is 4.44. The van der Waals surface area contributed by atoms with E-state index in [9.17, 15) is 8.42 Å². The molecule has 0 aromatic heterocycles. The van der Waals surface area contributed by atoms with E-state index in [1.807, 2.05) is 0 Å². The molecule has 2 nitrogen and oxygen atoms in total. The van der Waals surface area contributed by atoms with Crippen molar-refractivity contribution in [3.8, 4) is 0 Å². The molecule has 3 heteroatoms. The summed E-state index contributed by atoms with van der Waals surface area (Å²) < 4.78 is 22.2. The molecule has 0 aromatic rings. The highest BCUT2D eigenvalue weighted by molar-refractivity contribution is 7.90. The van der Waals surface area contributed by atoms with E-state index in [-0.39, 0.29) is 0 Å². The smallest absolute Gasteiger partial charge is 0.147 e. The fourth-order valence-corrected chi connectivity index (χ4v) is 3.46. The minimum Gasteiger partial charge on any atom is -0.229 e. The summed E-state index contributed by atoms with van der Waals surface area (Å²) in [5.74, 6) is 1.84. The standard InChI is InChI=1S/C13H26O2S/c1-13(2,3)12-7-5-11(6-8-12)9-10-16(4,14)15/h11-12H,5-10H2,1-4H3. The lowest BCUT2D eigenvalue weighted by molar-refractivity contribution is 0.149. The Bertz CT molecular complexity index is 303. The van der Waals surface area contributed by atoms with Crippen LogP contribution in [0.2, 0.25) is 0 Å². The molecule has 0 atom stereocenters. The third-order valence-corrected chi connectivity index (χ3v) is 4.95. The van der Waals surface area contributed by atoms with Crippen molar-refractivity contribution in [1.29, 1.82) is 0 Å². The second kappa shape index (κ2) is 5.07. The van der Waals surface area contributed by atoms with E-state index in [0.717, 1.165) is 12.3 Å². The molecular weight excluding hydrogens is 220 g/mol. The molecule has 96 valence electrons. The molecule has 0 spiro atoms. The molecule has 0 heterocycles. The van der Waals surface area contributed by atoms with Gasteiger partial charge in [0.1, 0.15) is 9.84 Å². The molecule has 16 heavy (non-hydrogen) atoms. The van der Waals surface area contributed by atoms with Gasteiger partial charge in [-0.15, -0.1) is 0 Å². The number of hydrogen-bond donors (Lipinski definition) is 0. The second-order valence-electron chi connectivity index (χ2n) is 6.50. The highest BCUT2D eigenvalue weighted by atomic mass is 32.2. The van der Waals surface area contributed by atoms with Crippen molar-refractivity contribution in [2.45, 2.75) is 52.9 Å². The Morgan fingerprint density at radius 1 is 1.06 bits per heavy atom. The normalized spacial score (nSPS) is 28.0. The summed E-state index contributed by atoms with van der Waals surface area (Å²) in [5, 5.41) is 0. The maximum atomic E-state index is 11.1. The van der Waals surface area contributed by atoms with Crippen LogP contribution in [0.4, 0.5) is 0 Å². The van der Waals surface area contributed by atoms with E-state index in [4.69, 9.17) is 0 Å². The van der Waals surface area contributed by atoms with Gasteiger partial charge in [0.25, 0.3) is 0 Å². The molecule has 1 aliphatic carbocycles.